The average molecular weight is 956 g/mol. The van der Waals surface area contributed by atoms with Crippen molar-refractivity contribution in [2.75, 3.05) is 41.5 Å². The van der Waals surface area contributed by atoms with Crippen molar-refractivity contribution in [2.24, 2.45) is 10.3 Å². The number of aromatic nitrogens is 2. The Kier molecular flexibility index (Phi) is 24.5. The Balaban J connectivity index is 0.000000242. The molecule has 356 valence electrons. The molecule has 67 heavy (non-hydrogen) atoms. The fraction of sp³-hybridized carbons (Fsp3) is 0.294. The lowest BCUT2D eigenvalue weighted by molar-refractivity contribution is 0.0522. The maximum Gasteiger partial charge on any atom is 0.232 e. The first-order valence-electron chi connectivity index (χ1n) is 21.4. The zero-order valence-electron chi connectivity index (χ0n) is 38.9. The van der Waals surface area contributed by atoms with E-state index in [1.165, 1.54) is 14.2 Å². The average Bonchev–Trinajstić information content (AvgIpc) is 3.36. The van der Waals surface area contributed by atoms with Crippen LogP contribution in [0.2, 0.25) is 10.0 Å². The van der Waals surface area contributed by atoms with E-state index in [-0.39, 0.29) is 38.6 Å². The zero-order valence-corrected chi connectivity index (χ0v) is 40.5. The molecule has 0 aliphatic rings. The van der Waals surface area contributed by atoms with Gasteiger partial charge in [-0.05, 0) is 55.2 Å². The van der Waals surface area contributed by atoms with Crippen molar-refractivity contribution < 1.29 is 38.7 Å². The summed E-state index contributed by atoms with van der Waals surface area (Å²) >= 11 is 12.5. The number of hydrogen-bond donors (Lipinski definition) is 3. The van der Waals surface area contributed by atoms with E-state index in [1.54, 1.807) is 20.3 Å². The van der Waals surface area contributed by atoms with Gasteiger partial charge in [-0.15, -0.1) is 0 Å². The molecule has 0 radical (unpaired) electrons. The van der Waals surface area contributed by atoms with Gasteiger partial charge in [0, 0.05) is 48.7 Å². The number of aliphatic hydroxyl groups excluding tert-OH is 1. The number of halogens is 2. The minimum Gasteiger partial charge on any atom is -0.472 e. The molecule has 4 aromatic carbocycles. The molecule has 6 rings (SSSR count). The summed E-state index contributed by atoms with van der Waals surface area (Å²) in [7, 11) is 6.32. The normalized spacial score (nSPS) is 12.2. The minimum atomic E-state index is -0.162. The molecule has 0 bridgehead atoms. The van der Waals surface area contributed by atoms with Gasteiger partial charge in [-0.3, -0.25) is 14.7 Å². The molecule has 0 fully saturated rings. The predicted molar refractivity (Wildman–Crippen MR) is 263 cm³/mol. The molecule has 0 saturated carbocycles. The molecule has 6 aromatic rings. The highest BCUT2D eigenvalue weighted by molar-refractivity contribution is 6.32. The van der Waals surface area contributed by atoms with Crippen LogP contribution in [0.3, 0.4) is 0 Å². The summed E-state index contributed by atoms with van der Waals surface area (Å²) in [4.78, 5) is 28.7. The van der Waals surface area contributed by atoms with Crippen molar-refractivity contribution in [1.82, 2.24) is 20.9 Å². The summed E-state index contributed by atoms with van der Waals surface area (Å²) in [5.41, 5.74) is 14.8. The van der Waals surface area contributed by atoms with Crippen molar-refractivity contribution in [2.45, 2.75) is 59.4 Å². The van der Waals surface area contributed by atoms with Crippen molar-refractivity contribution in [3.8, 4) is 5.88 Å². The Morgan fingerprint density at radius 1 is 0.612 bits per heavy atom. The van der Waals surface area contributed by atoms with Gasteiger partial charge in [0.25, 0.3) is 0 Å². The molecule has 14 nitrogen and oxygen atoms in total. The summed E-state index contributed by atoms with van der Waals surface area (Å²) in [6, 6.07) is 39.0. The SMILES string of the molecule is CNOC/C(=N\OC)c1ccccc1CO.CNOC/C(=N\OC)c1ccccc1COc1ncc(C(C)OCc2ccccc2)cc1Cl.Cc1ncc(C(C)OCc2ccccc2)cc1Cl. The van der Waals surface area contributed by atoms with E-state index in [4.69, 9.17) is 56.8 Å². The molecule has 0 spiro atoms. The van der Waals surface area contributed by atoms with E-state index in [0.29, 0.717) is 40.6 Å². The van der Waals surface area contributed by atoms with Gasteiger partial charge in [-0.2, -0.15) is 0 Å². The van der Waals surface area contributed by atoms with Crippen LogP contribution in [0.15, 0.2) is 144 Å². The molecule has 2 atom stereocenters. The van der Waals surface area contributed by atoms with Gasteiger partial charge in [0.05, 0.1) is 42.7 Å². The topological polar surface area (TPSA) is 159 Å². The van der Waals surface area contributed by atoms with E-state index >= 15 is 0 Å². The first-order chi connectivity index (χ1) is 32.6. The van der Waals surface area contributed by atoms with Crippen LogP contribution in [-0.4, -0.2) is 68.0 Å². The highest BCUT2D eigenvalue weighted by atomic mass is 35.5. The third-order valence-corrected chi connectivity index (χ3v) is 10.5. The number of nitrogens with zero attached hydrogens (tertiary/aromatic N) is 4. The number of hydroxylamine groups is 2. The number of ether oxygens (including phenoxy) is 3. The Labute approximate surface area is 403 Å². The van der Waals surface area contributed by atoms with Crippen LogP contribution in [-0.2, 0) is 55.3 Å². The fourth-order valence-electron chi connectivity index (χ4n) is 6.12. The van der Waals surface area contributed by atoms with Crippen molar-refractivity contribution in [1.29, 1.82) is 0 Å². The van der Waals surface area contributed by atoms with E-state index in [9.17, 15) is 5.11 Å². The number of nitrogens with one attached hydrogen (secondary N) is 2. The minimum absolute atomic E-state index is 0.0178. The Morgan fingerprint density at radius 2 is 1.06 bits per heavy atom. The second-order valence-corrected chi connectivity index (χ2v) is 15.3. The van der Waals surface area contributed by atoms with Crippen LogP contribution in [0.25, 0.3) is 0 Å². The predicted octanol–water partition coefficient (Wildman–Crippen LogP) is 10.1. The lowest BCUT2D eigenvalue weighted by Gasteiger charge is -2.16. The first kappa shape index (κ1) is 53.8. The van der Waals surface area contributed by atoms with E-state index in [2.05, 4.69) is 31.2 Å². The van der Waals surface area contributed by atoms with Crippen LogP contribution in [0.4, 0.5) is 0 Å². The summed E-state index contributed by atoms with van der Waals surface area (Å²) in [6.45, 7) is 7.68. The van der Waals surface area contributed by atoms with Crippen LogP contribution >= 0.6 is 23.2 Å². The van der Waals surface area contributed by atoms with Gasteiger partial charge in [-0.1, -0.05) is 143 Å². The Morgan fingerprint density at radius 3 is 1.52 bits per heavy atom. The fourth-order valence-corrected chi connectivity index (χ4v) is 6.52. The van der Waals surface area contributed by atoms with Gasteiger partial charge >= 0.3 is 0 Å². The molecule has 2 unspecified atom stereocenters. The quantitative estimate of drug-likeness (QED) is 0.0437. The van der Waals surface area contributed by atoms with Crippen LogP contribution in [0.1, 0.15) is 76.3 Å². The second kappa shape index (κ2) is 30.5. The van der Waals surface area contributed by atoms with Gasteiger partial charge in [-0.25, -0.2) is 15.9 Å². The molecule has 2 heterocycles. The molecule has 0 aliphatic heterocycles. The maximum absolute atomic E-state index is 9.21. The third kappa shape index (κ3) is 18.4. The summed E-state index contributed by atoms with van der Waals surface area (Å²) < 4.78 is 17.7. The monoisotopic (exact) mass is 954 g/mol. The van der Waals surface area contributed by atoms with E-state index < -0.39 is 0 Å². The Bertz CT molecular complexity index is 2410. The van der Waals surface area contributed by atoms with E-state index in [1.807, 2.05) is 148 Å². The number of aliphatic hydroxyl groups is 1. The summed E-state index contributed by atoms with van der Waals surface area (Å²) in [5, 5.41) is 18.3. The lowest BCUT2D eigenvalue weighted by atomic mass is 10.0. The molecular formula is C51H60Cl2N6O8. The smallest absolute Gasteiger partial charge is 0.232 e. The number of aryl methyl sites for hydroxylation is 1. The molecule has 2 aromatic heterocycles. The first-order valence-corrected chi connectivity index (χ1v) is 22.1. The van der Waals surface area contributed by atoms with Crippen molar-refractivity contribution >= 4 is 34.6 Å². The number of pyridine rings is 2. The van der Waals surface area contributed by atoms with Gasteiger partial charge in [0.15, 0.2) is 0 Å². The van der Waals surface area contributed by atoms with E-state index in [0.717, 1.165) is 50.2 Å². The van der Waals surface area contributed by atoms with Crippen molar-refractivity contribution in [3.05, 3.63) is 194 Å². The summed E-state index contributed by atoms with van der Waals surface area (Å²) in [5.74, 6) is 0.349. The largest absolute Gasteiger partial charge is 0.472 e. The van der Waals surface area contributed by atoms with Crippen molar-refractivity contribution in [3.63, 3.8) is 0 Å². The highest BCUT2D eigenvalue weighted by Gasteiger charge is 2.15. The highest BCUT2D eigenvalue weighted by Crippen LogP contribution is 2.28. The van der Waals surface area contributed by atoms with Crippen LogP contribution in [0, 0.1) is 6.92 Å². The van der Waals surface area contributed by atoms with Gasteiger partial charge < -0.3 is 29.0 Å². The molecule has 3 N–H and O–H groups in total. The number of hydrogen-bond acceptors (Lipinski definition) is 14. The third-order valence-electron chi connectivity index (χ3n) is 9.80. The standard InChI is InChI=1S/C25H28ClN3O4.C15H16ClNO.C11H16N2O3/c1-18(31-15-19-9-5-4-6-10-19)21-13-23(26)25(28-14-21)32-16-20-11-7-8-12-22(20)24(29-30-3)17-33-27-2;1-11-15(16)8-14(9-17-11)12(2)18-10-13-6-4-3-5-7-13;1-12-16-8-11(13-15-2)10-6-4-3-5-9(10)7-14/h4-14,18,27H,15-17H2,1-3H3;3-9,12H,10H2,1-2H3;3-6,12,14H,7-8H2,1-2H3/b29-24+;;13-11+. The van der Waals surface area contributed by atoms with Crippen LogP contribution < -0.4 is 15.7 Å². The maximum atomic E-state index is 9.21. The molecule has 16 heteroatoms. The Hall–Kier alpha value is -5.78. The molecule has 0 amide bonds. The lowest BCUT2D eigenvalue weighted by Crippen LogP contribution is -2.19. The second-order valence-electron chi connectivity index (χ2n) is 14.5. The number of benzene rings is 4. The zero-order chi connectivity index (χ0) is 48.2. The molecular weight excluding hydrogens is 896 g/mol. The molecule has 0 saturated heterocycles. The number of rotatable bonds is 22. The molecule has 0 aliphatic carbocycles. The van der Waals surface area contributed by atoms with Gasteiger partial charge in [0.1, 0.15) is 50.5 Å². The number of oxime groups is 2. The summed E-state index contributed by atoms with van der Waals surface area (Å²) in [6.07, 6.45) is 3.36. The van der Waals surface area contributed by atoms with Gasteiger partial charge in [0.2, 0.25) is 5.88 Å². The van der Waals surface area contributed by atoms with Crippen LogP contribution in [0.5, 0.6) is 5.88 Å².